The summed E-state index contributed by atoms with van der Waals surface area (Å²) in [7, 11) is 0. The molecule has 0 heterocycles. The summed E-state index contributed by atoms with van der Waals surface area (Å²) < 4.78 is 0. The van der Waals surface area contributed by atoms with Gasteiger partial charge in [-0.15, -0.1) is 0 Å². The van der Waals surface area contributed by atoms with Gasteiger partial charge in [0.15, 0.2) is 0 Å². The summed E-state index contributed by atoms with van der Waals surface area (Å²) in [4.78, 5) is 0. The molecule has 0 aliphatic carbocycles. The van der Waals surface area contributed by atoms with Crippen LogP contribution < -0.4 is 0 Å². The molecule has 1 N–H and O–H groups in total. The molecule has 0 saturated carbocycles. The second kappa shape index (κ2) is 4.95. The topological polar surface area (TPSA) is 20.2 Å². The average Bonchev–Trinajstić information content (AvgIpc) is 2.30. The highest BCUT2D eigenvalue weighted by Crippen LogP contribution is 2.25. The Morgan fingerprint density at radius 2 is 1.56 bits per heavy atom. The second-order valence-electron chi connectivity index (χ2n) is 3.86. The lowest BCUT2D eigenvalue weighted by Gasteiger charge is -2.10. The van der Waals surface area contributed by atoms with E-state index in [0.717, 1.165) is 11.1 Å². The normalized spacial score (nSPS) is 12.4. The zero-order valence-electron chi connectivity index (χ0n) is 9.30. The number of rotatable bonds is 3. The van der Waals surface area contributed by atoms with Crippen LogP contribution in [-0.4, -0.2) is 11.2 Å². The van der Waals surface area contributed by atoms with E-state index in [1.165, 1.54) is 5.56 Å². The van der Waals surface area contributed by atoms with E-state index in [-0.39, 0.29) is 0 Å². The van der Waals surface area contributed by atoms with Crippen LogP contribution in [0.25, 0.3) is 11.1 Å². The Morgan fingerprint density at radius 1 is 0.938 bits per heavy atom. The van der Waals surface area contributed by atoms with Crippen molar-refractivity contribution in [1.82, 2.24) is 0 Å². The lowest BCUT2D eigenvalue weighted by Crippen LogP contribution is -2.02. The summed E-state index contributed by atoms with van der Waals surface area (Å²) in [5.41, 5.74) is 3.41. The highest BCUT2D eigenvalue weighted by molar-refractivity contribution is 5.68. The van der Waals surface area contributed by atoms with Crippen LogP contribution in [0.4, 0.5) is 0 Å². The van der Waals surface area contributed by atoms with Crippen LogP contribution in [0.2, 0.25) is 0 Å². The number of hydrogen-bond acceptors (Lipinski definition) is 1. The lowest BCUT2D eigenvalue weighted by molar-refractivity contribution is 0.231. The van der Waals surface area contributed by atoms with Crippen molar-refractivity contribution in [2.45, 2.75) is 13.0 Å². The molecule has 2 aromatic carbocycles. The monoisotopic (exact) mass is 211 g/mol. The minimum atomic E-state index is -0.426. The first-order chi connectivity index (χ1) is 7.77. The van der Waals surface area contributed by atoms with E-state index in [0.29, 0.717) is 0 Å². The van der Waals surface area contributed by atoms with Gasteiger partial charge in [0.1, 0.15) is 0 Å². The van der Waals surface area contributed by atoms with E-state index < -0.39 is 6.10 Å². The van der Waals surface area contributed by atoms with Gasteiger partial charge in [0.05, 0.1) is 6.10 Å². The molecule has 0 aromatic heterocycles. The van der Waals surface area contributed by atoms with E-state index >= 15 is 0 Å². The quantitative estimate of drug-likeness (QED) is 0.826. The van der Waals surface area contributed by atoms with E-state index in [2.05, 4.69) is 18.2 Å². The van der Waals surface area contributed by atoms with Gasteiger partial charge in [-0.25, -0.2) is 0 Å². The van der Waals surface area contributed by atoms with E-state index in [1.807, 2.05) is 42.8 Å². The van der Waals surface area contributed by atoms with Crippen LogP contribution in [0.15, 0.2) is 54.6 Å². The van der Waals surface area contributed by atoms with Gasteiger partial charge in [0.2, 0.25) is 0 Å². The molecule has 1 atom stereocenters. The molecule has 1 radical (unpaired) electrons. The molecule has 2 rings (SSSR count). The highest BCUT2D eigenvalue weighted by atomic mass is 16.3. The molecule has 0 aliphatic heterocycles. The van der Waals surface area contributed by atoms with Gasteiger partial charge in [-0.2, -0.15) is 0 Å². The lowest BCUT2D eigenvalue weighted by atomic mass is 9.96. The van der Waals surface area contributed by atoms with Crippen molar-refractivity contribution in [3.63, 3.8) is 0 Å². The predicted molar refractivity (Wildman–Crippen MR) is 67.0 cm³/mol. The minimum absolute atomic E-state index is 0.426. The zero-order valence-corrected chi connectivity index (χ0v) is 9.30. The molecule has 0 spiro atoms. The predicted octanol–water partition coefficient (Wildman–Crippen LogP) is 3.29. The van der Waals surface area contributed by atoms with Gasteiger partial charge < -0.3 is 5.11 Å². The molecule has 0 amide bonds. The van der Waals surface area contributed by atoms with Gasteiger partial charge in [-0.1, -0.05) is 54.6 Å². The summed E-state index contributed by atoms with van der Waals surface area (Å²) >= 11 is 0. The van der Waals surface area contributed by atoms with Crippen molar-refractivity contribution >= 4 is 0 Å². The third-order valence-corrected chi connectivity index (χ3v) is 2.47. The fourth-order valence-corrected chi connectivity index (χ4v) is 1.78. The molecular weight excluding hydrogens is 196 g/mol. The van der Waals surface area contributed by atoms with Crippen molar-refractivity contribution in [2.24, 2.45) is 0 Å². The zero-order chi connectivity index (χ0) is 11.4. The standard InChI is InChI=1S/C15H15O/c1-12(16)11-14-9-5-6-10-15(14)13-7-3-2-4-8-13/h2-12,16H,1H3. The Bertz CT molecular complexity index is 446. The average molecular weight is 211 g/mol. The molecule has 1 heteroatoms. The van der Waals surface area contributed by atoms with Gasteiger partial charge in [-0.05, 0) is 23.6 Å². The number of aliphatic hydroxyl groups is 1. The maximum Gasteiger partial charge on any atom is 0.0587 e. The van der Waals surface area contributed by atoms with Crippen LogP contribution in [0, 0.1) is 6.42 Å². The number of hydrogen-bond donors (Lipinski definition) is 1. The first-order valence-electron chi connectivity index (χ1n) is 5.45. The van der Waals surface area contributed by atoms with Gasteiger partial charge in [0.25, 0.3) is 0 Å². The first kappa shape index (κ1) is 10.9. The van der Waals surface area contributed by atoms with Crippen molar-refractivity contribution in [3.8, 4) is 11.1 Å². The van der Waals surface area contributed by atoms with Crippen molar-refractivity contribution < 1.29 is 5.11 Å². The smallest absolute Gasteiger partial charge is 0.0587 e. The van der Waals surface area contributed by atoms with Gasteiger partial charge in [0, 0.05) is 6.42 Å². The fraction of sp³-hybridized carbons (Fsp3) is 0.133. The third kappa shape index (κ3) is 2.50. The van der Waals surface area contributed by atoms with Crippen LogP contribution in [0.3, 0.4) is 0 Å². The third-order valence-electron chi connectivity index (χ3n) is 2.47. The van der Waals surface area contributed by atoms with Gasteiger partial charge in [-0.3, -0.25) is 0 Å². The molecule has 81 valence electrons. The molecule has 16 heavy (non-hydrogen) atoms. The maximum atomic E-state index is 9.42. The van der Waals surface area contributed by atoms with Crippen molar-refractivity contribution in [3.05, 3.63) is 66.6 Å². The molecule has 1 unspecified atom stereocenters. The molecule has 0 aliphatic rings. The van der Waals surface area contributed by atoms with E-state index in [4.69, 9.17) is 0 Å². The van der Waals surface area contributed by atoms with Gasteiger partial charge >= 0.3 is 0 Å². The molecule has 0 bridgehead atoms. The minimum Gasteiger partial charge on any atom is -0.393 e. The molecule has 0 fully saturated rings. The highest BCUT2D eigenvalue weighted by Gasteiger charge is 2.06. The summed E-state index contributed by atoms with van der Waals surface area (Å²) in [5, 5.41) is 9.42. The largest absolute Gasteiger partial charge is 0.393 e. The first-order valence-corrected chi connectivity index (χ1v) is 5.45. The summed E-state index contributed by atoms with van der Waals surface area (Å²) in [5.74, 6) is 0. The Hall–Kier alpha value is -1.60. The van der Waals surface area contributed by atoms with Crippen LogP contribution in [0.1, 0.15) is 12.5 Å². The van der Waals surface area contributed by atoms with Crippen LogP contribution in [-0.2, 0) is 0 Å². The Balaban J connectivity index is 2.41. The maximum absolute atomic E-state index is 9.42. The van der Waals surface area contributed by atoms with Crippen LogP contribution in [0.5, 0.6) is 0 Å². The molecular formula is C15H15O. The second-order valence-corrected chi connectivity index (χ2v) is 3.86. The SMILES string of the molecule is CC(O)[CH]c1ccccc1-c1ccccc1. The summed E-state index contributed by atoms with van der Waals surface area (Å²) in [6.45, 7) is 1.77. The van der Waals surface area contributed by atoms with Crippen molar-refractivity contribution in [1.29, 1.82) is 0 Å². The number of benzene rings is 2. The Labute approximate surface area is 96.4 Å². The number of aliphatic hydroxyl groups excluding tert-OH is 1. The van der Waals surface area contributed by atoms with E-state index in [9.17, 15) is 5.11 Å². The molecule has 2 aromatic rings. The van der Waals surface area contributed by atoms with Crippen molar-refractivity contribution in [2.75, 3.05) is 0 Å². The molecule has 1 nitrogen and oxygen atoms in total. The van der Waals surface area contributed by atoms with E-state index in [1.54, 1.807) is 6.92 Å². The van der Waals surface area contributed by atoms with Crippen LogP contribution >= 0.6 is 0 Å². The molecule has 0 saturated heterocycles. The fourth-order valence-electron chi connectivity index (χ4n) is 1.78. The Morgan fingerprint density at radius 3 is 2.25 bits per heavy atom. The Kier molecular flexibility index (Phi) is 3.37. The summed E-state index contributed by atoms with van der Waals surface area (Å²) in [6.07, 6.45) is 1.44. The summed E-state index contributed by atoms with van der Waals surface area (Å²) in [6, 6.07) is 18.3.